The van der Waals surface area contributed by atoms with Crippen molar-refractivity contribution >= 4 is 16.6 Å². The van der Waals surface area contributed by atoms with Crippen LogP contribution in [0.4, 0.5) is 5.69 Å². The van der Waals surface area contributed by atoms with Crippen molar-refractivity contribution in [3.63, 3.8) is 0 Å². The number of hydrogen-bond donors (Lipinski definition) is 2. The minimum Gasteiger partial charge on any atom is -0.496 e. The van der Waals surface area contributed by atoms with Crippen LogP contribution >= 0.6 is 0 Å². The topological polar surface area (TPSA) is 49.9 Å². The van der Waals surface area contributed by atoms with Crippen LogP contribution in [0.15, 0.2) is 42.6 Å². The molecule has 0 bridgehead atoms. The van der Waals surface area contributed by atoms with E-state index in [1.807, 2.05) is 24.4 Å². The summed E-state index contributed by atoms with van der Waals surface area (Å²) < 4.78 is 5.28. The highest BCUT2D eigenvalue weighted by Crippen LogP contribution is 2.23. The summed E-state index contributed by atoms with van der Waals surface area (Å²) in [5, 5.41) is 11.6. The molecular formula is C16H17N3O. The Morgan fingerprint density at radius 2 is 2.15 bits per heavy atom. The van der Waals surface area contributed by atoms with E-state index < -0.39 is 0 Å². The molecule has 1 heterocycles. The first kappa shape index (κ1) is 12.5. The van der Waals surface area contributed by atoms with E-state index in [4.69, 9.17) is 4.74 Å². The molecule has 3 aromatic rings. The van der Waals surface area contributed by atoms with Crippen LogP contribution in [0.3, 0.4) is 0 Å². The number of nitrogens with one attached hydrogen (secondary N) is 2. The molecule has 0 unspecified atom stereocenters. The molecule has 0 fully saturated rings. The van der Waals surface area contributed by atoms with Gasteiger partial charge in [-0.3, -0.25) is 5.10 Å². The number of rotatable bonds is 4. The zero-order valence-corrected chi connectivity index (χ0v) is 11.6. The van der Waals surface area contributed by atoms with E-state index in [0.717, 1.165) is 34.4 Å². The maximum atomic E-state index is 5.28. The summed E-state index contributed by atoms with van der Waals surface area (Å²) in [6.45, 7) is 2.83. The lowest BCUT2D eigenvalue weighted by molar-refractivity contribution is 0.411. The largest absolute Gasteiger partial charge is 0.496 e. The molecule has 102 valence electrons. The Morgan fingerprint density at radius 1 is 1.25 bits per heavy atom. The van der Waals surface area contributed by atoms with Crippen molar-refractivity contribution in [1.29, 1.82) is 0 Å². The van der Waals surface area contributed by atoms with Crippen LogP contribution in [0.5, 0.6) is 5.75 Å². The van der Waals surface area contributed by atoms with Crippen molar-refractivity contribution in [1.82, 2.24) is 10.2 Å². The summed E-state index contributed by atoms with van der Waals surface area (Å²) >= 11 is 0. The highest BCUT2D eigenvalue weighted by molar-refractivity contribution is 5.90. The molecular weight excluding hydrogens is 250 g/mol. The number of nitrogens with zero attached hydrogens (tertiary/aromatic N) is 1. The quantitative estimate of drug-likeness (QED) is 0.760. The molecule has 4 heteroatoms. The Labute approximate surface area is 117 Å². The van der Waals surface area contributed by atoms with Gasteiger partial charge in [0.05, 0.1) is 18.8 Å². The molecule has 2 aromatic carbocycles. The van der Waals surface area contributed by atoms with Gasteiger partial charge < -0.3 is 10.1 Å². The summed E-state index contributed by atoms with van der Waals surface area (Å²) in [5.74, 6) is 0.922. The monoisotopic (exact) mass is 267 g/mol. The van der Waals surface area contributed by atoms with Crippen LogP contribution < -0.4 is 10.1 Å². The molecule has 0 amide bonds. The maximum absolute atomic E-state index is 5.28. The predicted octanol–water partition coefficient (Wildman–Crippen LogP) is 3.49. The Kier molecular flexibility index (Phi) is 3.29. The fourth-order valence-electron chi connectivity index (χ4n) is 2.37. The number of anilines is 1. The number of methoxy groups -OCH3 is 1. The van der Waals surface area contributed by atoms with E-state index in [-0.39, 0.29) is 0 Å². The Balaban J connectivity index is 1.79. The molecule has 0 saturated heterocycles. The van der Waals surface area contributed by atoms with Gasteiger partial charge in [-0.1, -0.05) is 18.2 Å². The lowest BCUT2D eigenvalue weighted by Gasteiger charge is -2.10. The molecule has 0 saturated carbocycles. The summed E-state index contributed by atoms with van der Waals surface area (Å²) in [5.41, 5.74) is 4.50. The first-order chi connectivity index (χ1) is 9.78. The minimum atomic E-state index is 0.773. The summed E-state index contributed by atoms with van der Waals surface area (Å²) in [4.78, 5) is 0. The number of benzene rings is 2. The van der Waals surface area contributed by atoms with Crippen LogP contribution in [0.1, 0.15) is 11.1 Å². The van der Waals surface area contributed by atoms with Gasteiger partial charge in [0.15, 0.2) is 0 Å². The second-order valence-electron chi connectivity index (χ2n) is 4.79. The molecule has 0 aliphatic heterocycles. The summed E-state index contributed by atoms with van der Waals surface area (Å²) in [7, 11) is 1.69. The van der Waals surface area contributed by atoms with E-state index in [1.54, 1.807) is 7.11 Å². The van der Waals surface area contributed by atoms with E-state index >= 15 is 0 Å². The lowest BCUT2D eigenvalue weighted by Crippen LogP contribution is -2.00. The molecule has 0 radical (unpaired) electrons. The zero-order chi connectivity index (χ0) is 13.9. The smallest absolute Gasteiger partial charge is 0.121 e. The highest BCUT2D eigenvalue weighted by atomic mass is 16.5. The number of H-pyrrole nitrogens is 1. The van der Waals surface area contributed by atoms with Gasteiger partial charge in [0.1, 0.15) is 5.75 Å². The van der Waals surface area contributed by atoms with Crippen LogP contribution in [0, 0.1) is 6.92 Å². The first-order valence-electron chi connectivity index (χ1n) is 6.57. The van der Waals surface area contributed by atoms with E-state index in [1.165, 1.54) is 5.56 Å². The summed E-state index contributed by atoms with van der Waals surface area (Å²) in [6.07, 6.45) is 1.84. The molecule has 20 heavy (non-hydrogen) atoms. The van der Waals surface area contributed by atoms with Gasteiger partial charge in [-0.25, -0.2) is 0 Å². The van der Waals surface area contributed by atoms with Crippen molar-refractivity contribution in [2.24, 2.45) is 0 Å². The third-order valence-corrected chi connectivity index (χ3v) is 3.43. The van der Waals surface area contributed by atoms with E-state index in [0.29, 0.717) is 0 Å². The molecule has 0 aliphatic carbocycles. The molecule has 0 spiro atoms. The number of aromatic amines is 1. The van der Waals surface area contributed by atoms with Crippen LogP contribution in [0.25, 0.3) is 10.9 Å². The molecule has 0 aliphatic rings. The average molecular weight is 267 g/mol. The number of ether oxygens (including phenoxy) is 1. The van der Waals surface area contributed by atoms with E-state index in [2.05, 4.69) is 40.6 Å². The number of fused-ring (bicyclic) bond motifs is 1. The first-order valence-corrected chi connectivity index (χ1v) is 6.57. The van der Waals surface area contributed by atoms with E-state index in [9.17, 15) is 0 Å². The normalized spacial score (nSPS) is 10.7. The van der Waals surface area contributed by atoms with Crippen molar-refractivity contribution in [3.8, 4) is 5.75 Å². The maximum Gasteiger partial charge on any atom is 0.121 e. The fraction of sp³-hybridized carbons (Fsp3) is 0.188. The third-order valence-electron chi connectivity index (χ3n) is 3.43. The van der Waals surface area contributed by atoms with Gasteiger partial charge in [-0.2, -0.15) is 5.10 Å². The standard InChI is InChI=1S/C16H17N3O/c1-11-8-12(6-7-16(11)20-2)9-17-14-4-3-5-15-13(14)10-18-19-15/h3-8,10,17H,9H2,1-2H3,(H,18,19). The minimum absolute atomic E-state index is 0.773. The van der Waals surface area contributed by atoms with Crippen molar-refractivity contribution in [2.75, 3.05) is 12.4 Å². The van der Waals surface area contributed by atoms with Crippen molar-refractivity contribution in [2.45, 2.75) is 13.5 Å². The zero-order valence-electron chi connectivity index (χ0n) is 11.6. The predicted molar refractivity (Wildman–Crippen MR) is 81.2 cm³/mol. The Bertz CT molecular complexity index is 733. The molecule has 4 nitrogen and oxygen atoms in total. The number of aromatic nitrogens is 2. The second-order valence-corrected chi connectivity index (χ2v) is 4.79. The second kappa shape index (κ2) is 5.25. The van der Waals surface area contributed by atoms with Gasteiger partial charge in [-0.05, 0) is 36.2 Å². The van der Waals surface area contributed by atoms with Gasteiger partial charge in [0.25, 0.3) is 0 Å². The molecule has 3 rings (SSSR count). The Morgan fingerprint density at radius 3 is 2.95 bits per heavy atom. The van der Waals surface area contributed by atoms with Gasteiger partial charge in [-0.15, -0.1) is 0 Å². The van der Waals surface area contributed by atoms with Gasteiger partial charge >= 0.3 is 0 Å². The van der Waals surface area contributed by atoms with Gasteiger partial charge in [0, 0.05) is 17.6 Å². The number of aryl methyl sites for hydroxylation is 1. The average Bonchev–Trinajstić information content (AvgIpc) is 2.94. The van der Waals surface area contributed by atoms with Crippen LogP contribution in [-0.2, 0) is 6.54 Å². The Hall–Kier alpha value is -2.49. The fourth-order valence-corrected chi connectivity index (χ4v) is 2.37. The van der Waals surface area contributed by atoms with Crippen molar-refractivity contribution in [3.05, 3.63) is 53.7 Å². The molecule has 0 atom stereocenters. The lowest BCUT2D eigenvalue weighted by atomic mass is 10.1. The SMILES string of the molecule is COc1ccc(CNc2cccc3[nH]ncc23)cc1C. The van der Waals surface area contributed by atoms with Crippen LogP contribution in [0.2, 0.25) is 0 Å². The summed E-state index contributed by atoms with van der Waals surface area (Å²) in [6, 6.07) is 12.3. The molecule has 2 N–H and O–H groups in total. The highest BCUT2D eigenvalue weighted by Gasteiger charge is 2.03. The van der Waals surface area contributed by atoms with Gasteiger partial charge in [0.2, 0.25) is 0 Å². The van der Waals surface area contributed by atoms with Crippen molar-refractivity contribution < 1.29 is 4.74 Å². The number of hydrogen-bond acceptors (Lipinski definition) is 3. The third kappa shape index (κ3) is 2.32. The van der Waals surface area contributed by atoms with Crippen LogP contribution in [-0.4, -0.2) is 17.3 Å². The molecule has 1 aromatic heterocycles.